The third-order valence-corrected chi connectivity index (χ3v) is 6.11. The van der Waals surface area contributed by atoms with Crippen LogP contribution >= 0.6 is 0 Å². The minimum atomic E-state index is 0.211. The van der Waals surface area contributed by atoms with Crippen molar-refractivity contribution < 1.29 is 9.47 Å². The summed E-state index contributed by atoms with van der Waals surface area (Å²) in [5.74, 6) is 2.51. The van der Waals surface area contributed by atoms with Crippen LogP contribution in [0.4, 0.5) is 0 Å². The molecule has 0 radical (unpaired) electrons. The van der Waals surface area contributed by atoms with Crippen LogP contribution < -0.4 is 9.47 Å². The Labute approximate surface area is 182 Å². The normalized spacial score (nSPS) is 17.7. The molecule has 0 unspecified atom stereocenters. The second-order valence-corrected chi connectivity index (χ2v) is 8.10. The first-order chi connectivity index (χ1) is 15.3. The molecule has 8 nitrogen and oxygen atoms in total. The van der Waals surface area contributed by atoms with Crippen LogP contribution in [0, 0.1) is 0 Å². The third kappa shape index (κ3) is 4.40. The van der Waals surface area contributed by atoms with Gasteiger partial charge in [-0.05, 0) is 40.1 Å². The van der Waals surface area contributed by atoms with Crippen molar-refractivity contribution in [1.29, 1.82) is 0 Å². The van der Waals surface area contributed by atoms with Gasteiger partial charge in [-0.15, -0.1) is 5.10 Å². The zero-order chi connectivity index (χ0) is 21.0. The van der Waals surface area contributed by atoms with Crippen LogP contribution in [0.15, 0.2) is 48.5 Å². The Morgan fingerprint density at radius 1 is 0.903 bits per heavy atom. The summed E-state index contributed by atoms with van der Waals surface area (Å²) in [5.41, 5.74) is 2.47. The average Bonchev–Trinajstić information content (AvgIpc) is 3.46. The van der Waals surface area contributed by atoms with Crippen molar-refractivity contribution in [2.45, 2.75) is 32.5 Å². The molecule has 0 saturated carbocycles. The molecular formula is C23H28N6O2. The molecular weight excluding hydrogens is 392 g/mol. The van der Waals surface area contributed by atoms with Gasteiger partial charge >= 0.3 is 0 Å². The van der Waals surface area contributed by atoms with Crippen LogP contribution in [0.25, 0.3) is 0 Å². The Balaban J connectivity index is 1.24. The predicted molar refractivity (Wildman–Crippen MR) is 116 cm³/mol. The Hall–Kier alpha value is -2.97. The predicted octanol–water partition coefficient (Wildman–Crippen LogP) is 2.72. The van der Waals surface area contributed by atoms with Gasteiger partial charge in [0.25, 0.3) is 0 Å². The first-order valence-corrected chi connectivity index (χ1v) is 10.9. The highest BCUT2D eigenvalue weighted by Crippen LogP contribution is 2.33. The number of rotatable bonds is 7. The smallest absolute Gasteiger partial charge is 0.231 e. The summed E-state index contributed by atoms with van der Waals surface area (Å²) in [6, 6.07) is 16.9. The highest BCUT2D eigenvalue weighted by atomic mass is 16.7. The largest absolute Gasteiger partial charge is 0.454 e. The lowest BCUT2D eigenvalue weighted by Gasteiger charge is -2.38. The lowest BCUT2D eigenvalue weighted by atomic mass is 10.1. The van der Waals surface area contributed by atoms with Gasteiger partial charge in [-0.3, -0.25) is 9.80 Å². The van der Waals surface area contributed by atoms with E-state index in [0.717, 1.165) is 62.0 Å². The first-order valence-electron chi connectivity index (χ1n) is 10.9. The monoisotopic (exact) mass is 420 g/mol. The van der Waals surface area contributed by atoms with Gasteiger partial charge in [0.05, 0.1) is 12.6 Å². The maximum Gasteiger partial charge on any atom is 0.231 e. The van der Waals surface area contributed by atoms with Crippen LogP contribution in [0.2, 0.25) is 0 Å². The van der Waals surface area contributed by atoms with Crippen LogP contribution in [0.1, 0.15) is 36.3 Å². The van der Waals surface area contributed by atoms with Crippen molar-refractivity contribution in [1.82, 2.24) is 30.0 Å². The molecule has 3 heterocycles. The van der Waals surface area contributed by atoms with Gasteiger partial charge < -0.3 is 9.47 Å². The number of fused-ring (bicyclic) bond motifs is 1. The third-order valence-electron chi connectivity index (χ3n) is 6.11. The van der Waals surface area contributed by atoms with Gasteiger partial charge in [-0.1, -0.05) is 43.3 Å². The number of nitrogens with zero attached hydrogens (tertiary/aromatic N) is 6. The summed E-state index contributed by atoms with van der Waals surface area (Å²) in [4.78, 5) is 5.04. The van der Waals surface area contributed by atoms with E-state index in [9.17, 15) is 0 Å². The van der Waals surface area contributed by atoms with Gasteiger partial charge in [0, 0.05) is 32.7 Å². The molecule has 0 spiro atoms. The van der Waals surface area contributed by atoms with Crippen molar-refractivity contribution in [3.8, 4) is 11.5 Å². The van der Waals surface area contributed by atoms with E-state index in [1.165, 1.54) is 5.56 Å². The Morgan fingerprint density at radius 2 is 1.71 bits per heavy atom. The number of hydrogen-bond donors (Lipinski definition) is 0. The van der Waals surface area contributed by atoms with E-state index in [4.69, 9.17) is 9.47 Å². The molecule has 8 heteroatoms. The maximum atomic E-state index is 5.51. The average molecular weight is 421 g/mol. The zero-order valence-electron chi connectivity index (χ0n) is 17.9. The van der Waals surface area contributed by atoms with Gasteiger partial charge in [-0.25, -0.2) is 4.68 Å². The molecule has 5 rings (SSSR count). The molecule has 162 valence electrons. The van der Waals surface area contributed by atoms with E-state index in [1.807, 2.05) is 22.9 Å². The van der Waals surface area contributed by atoms with Crippen LogP contribution in [-0.2, 0) is 13.1 Å². The van der Waals surface area contributed by atoms with Gasteiger partial charge in [0.1, 0.15) is 0 Å². The van der Waals surface area contributed by atoms with E-state index in [0.29, 0.717) is 6.54 Å². The Bertz CT molecular complexity index is 1000. The van der Waals surface area contributed by atoms with Crippen LogP contribution in [-0.4, -0.2) is 63.0 Å². The zero-order valence-corrected chi connectivity index (χ0v) is 17.9. The fraction of sp³-hybridized carbons (Fsp3) is 0.435. The molecule has 2 aromatic carbocycles. The van der Waals surface area contributed by atoms with E-state index in [-0.39, 0.29) is 12.8 Å². The molecule has 0 bridgehead atoms. The Kier molecular flexibility index (Phi) is 5.82. The first kappa shape index (κ1) is 20.0. The number of ether oxygens (including phenoxy) is 2. The van der Waals surface area contributed by atoms with Crippen molar-refractivity contribution in [2.75, 3.05) is 33.0 Å². The minimum absolute atomic E-state index is 0.211. The fourth-order valence-corrected chi connectivity index (χ4v) is 4.45. The summed E-state index contributed by atoms with van der Waals surface area (Å²) in [5, 5.41) is 12.7. The lowest BCUT2D eigenvalue weighted by Crippen LogP contribution is -2.47. The molecule has 31 heavy (non-hydrogen) atoms. The number of hydrogen-bond acceptors (Lipinski definition) is 7. The fourth-order valence-electron chi connectivity index (χ4n) is 4.45. The second kappa shape index (κ2) is 9.03. The van der Waals surface area contributed by atoms with Gasteiger partial charge in [0.15, 0.2) is 17.3 Å². The quantitative estimate of drug-likeness (QED) is 0.582. The summed E-state index contributed by atoms with van der Waals surface area (Å²) in [6.45, 7) is 8.25. The van der Waals surface area contributed by atoms with Gasteiger partial charge in [0.2, 0.25) is 6.79 Å². The summed E-state index contributed by atoms with van der Waals surface area (Å²) >= 11 is 0. The Morgan fingerprint density at radius 3 is 2.52 bits per heavy atom. The van der Waals surface area contributed by atoms with Crippen LogP contribution in [0.5, 0.6) is 11.5 Å². The SMILES string of the molecule is CC[C@@H](c1nnnn1Cc1ccc2c(c1)OCO2)N1CCN(Cc2ccccc2)CC1. The standard InChI is InChI=1S/C23H28N6O2/c1-2-20(28-12-10-27(11-13-28)15-18-6-4-3-5-7-18)23-24-25-26-29(23)16-19-8-9-21-22(14-19)31-17-30-21/h3-9,14,20H,2,10-13,15-17H2,1H3/t20-/m0/s1. The highest BCUT2D eigenvalue weighted by molar-refractivity contribution is 5.44. The van der Waals surface area contributed by atoms with Crippen LogP contribution in [0.3, 0.4) is 0 Å². The summed E-state index contributed by atoms with van der Waals surface area (Å²) in [7, 11) is 0. The molecule has 0 amide bonds. The molecule has 2 aliphatic heterocycles. The number of aromatic nitrogens is 4. The van der Waals surface area contributed by atoms with E-state index in [2.05, 4.69) is 62.6 Å². The summed E-state index contributed by atoms with van der Waals surface area (Å²) < 4.78 is 12.8. The second-order valence-electron chi connectivity index (χ2n) is 8.10. The molecule has 1 aromatic heterocycles. The van der Waals surface area contributed by atoms with Gasteiger partial charge in [-0.2, -0.15) is 0 Å². The molecule has 0 aliphatic carbocycles. The molecule has 3 aromatic rings. The van der Waals surface area contributed by atoms with Crippen molar-refractivity contribution in [3.63, 3.8) is 0 Å². The van der Waals surface area contributed by atoms with Crippen molar-refractivity contribution in [3.05, 3.63) is 65.5 Å². The lowest BCUT2D eigenvalue weighted by molar-refractivity contribution is 0.0844. The van der Waals surface area contributed by atoms with E-state index >= 15 is 0 Å². The molecule has 2 aliphatic rings. The topological polar surface area (TPSA) is 68.5 Å². The van der Waals surface area contributed by atoms with E-state index < -0.39 is 0 Å². The molecule has 1 fully saturated rings. The molecule has 0 N–H and O–H groups in total. The number of piperazine rings is 1. The van der Waals surface area contributed by atoms with Crippen molar-refractivity contribution >= 4 is 0 Å². The highest BCUT2D eigenvalue weighted by Gasteiger charge is 2.28. The van der Waals surface area contributed by atoms with E-state index in [1.54, 1.807) is 0 Å². The maximum absolute atomic E-state index is 5.51. The molecule has 1 atom stereocenters. The summed E-state index contributed by atoms with van der Waals surface area (Å²) in [6.07, 6.45) is 0.972. The number of tetrazole rings is 1. The minimum Gasteiger partial charge on any atom is -0.454 e. The number of benzene rings is 2. The molecule has 1 saturated heterocycles. The van der Waals surface area contributed by atoms with Crippen molar-refractivity contribution in [2.24, 2.45) is 0 Å².